The van der Waals surface area contributed by atoms with Gasteiger partial charge in [0.15, 0.2) is 0 Å². The molecule has 0 unspecified atom stereocenters. The van der Waals surface area contributed by atoms with Crippen LogP contribution in [0.3, 0.4) is 0 Å². The van der Waals surface area contributed by atoms with Crippen molar-refractivity contribution in [3.8, 4) is 5.75 Å². The number of anilines is 1. The van der Waals surface area contributed by atoms with Crippen LogP contribution < -0.4 is 10.1 Å². The SMILES string of the molecule is CCOc1ccc(NC(=O)CN2C(=O)/C(=C/c3c4ccccc4cc4ccccc34)SC2=S)cc1. The largest absolute Gasteiger partial charge is 0.494 e. The van der Waals surface area contributed by atoms with Crippen molar-refractivity contribution < 1.29 is 14.3 Å². The summed E-state index contributed by atoms with van der Waals surface area (Å²) in [4.78, 5) is 27.8. The molecule has 35 heavy (non-hydrogen) atoms. The van der Waals surface area contributed by atoms with Gasteiger partial charge in [-0.1, -0.05) is 72.5 Å². The van der Waals surface area contributed by atoms with Gasteiger partial charge >= 0.3 is 0 Å². The number of fused-ring (bicyclic) bond motifs is 2. The Morgan fingerprint density at radius 3 is 2.26 bits per heavy atom. The van der Waals surface area contributed by atoms with Crippen LogP contribution in [0.5, 0.6) is 5.75 Å². The summed E-state index contributed by atoms with van der Waals surface area (Å²) in [5, 5.41) is 7.13. The van der Waals surface area contributed by atoms with Gasteiger partial charge in [-0.15, -0.1) is 0 Å². The van der Waals surface area contributed by atoms with Crippen LogP contribution in [0.2, 0.25) is 0 Å². The zero-order chi connectivity index (χ0) is 24.4. The number of rotatable bonds is 6. The topological polar surface area (TPSA) is 58.6 Å². The summed E-state index contributed by atoms with van der Waals surface area (Å²) < 4.78 is 5.79. The van der Waals surface area contributed by atoms with Crippen LogP contribution >= 0.6 is 24.0 Å². The molecule has 4 aromatic carbocycles. The number of ether oxygens (including phenoxy) is 1. The van der Waals surface area contributed by atoms with Crippen molar-refractivity contribution in [2.45, 2.75) is 6.92 Å². The first-order valence-corrected chi connectivity index (χ1v) is 12.4. The van der Waals surface area contributed by atoms with E-state index in [1.165, 1.54) is 16.7 Å². The molecule has 0 aliphatic carbocycles. The van der Waals surface area contributed by atoms with Crippen molar-refractivity contribution in [3.05, 3.63) is 89.3 Å². The third-order valence-electron chi connectivity index (χ3n) is 5.71. The minimum absolute atomic E-state index is 0.147. The molecule has 1 saturated heterocycles. The van der Waals surface area contributed by atoms with Gasteiger partial charge in [0.1, 0.15) is 16.6 Å². The van der Waals surface area contributed by atoms with E-state index in [0.717, 1.165) is 32.9 Å². The number of amides is 2. The summed E-state index contributed by atoms with van der Waals surface area (Å²) in [7, 11) is 0. The predicted molar refractivity (Wildman–Crippen MR) is 148 cm³/mol. The van der Waals surface area contributed by atoms with E-state index in [-0.39, 0.29) is 18.4 Å². The number of thioether (sulfide) groups is 1. The lowest BCUT2D eigenvalue weighted by Crippen LogP contribution is -2.36. The predicted octanol–water partition coefficient (Wildman–Crippen LogP) is 6.23. The molecule has 1 fully saturated rings. The lowest BCUT2D eigenvalue weighted by Gasteiger charge is -2.14. The highest BCUT2D eigenvalue weighted by atomic mass is 32.2. The van der Waals surface area contributed by atoms with E-state index in [4.69, 9.17) is 17.0 Å². The maximum atomic E-state index is 13.2. The molecule has 0 radical (unpaired) electrons. The van der Waals surface area contributed by atoms with Crippen molar-refractivity contribution in [1.29, 1.82) is 0 Å². The first kappa shape index (κ1) is 23.1. The number of carbonyl (C=O) groups is 2. The van der Waals surface area contributed by atoms with E-state index in [1.807, 2.05) is 37.3 Å². The van der Waals surface area contributed by atoms with Gasteiger partial charge in [0.2, 0.25) is 5.91 Å². The highest BCUT2D eigenvalue weighted by molar-refractivity contribution is 8.26. The summed E-state index contributed by atoms with van der Waals surface area (Å²) in [6.07, 6.45) is 1.90. The lowest BCUT2D eigenvalue weighted by molar-refractivity contribution is -0.126. The standard InChI is InChI=1S/C28H22N2O3S2/c1-2-33-21-13-11-20(12-14-21)29-26(31)17-30-27(32)25(35-28(30)34)16-24-22-9-5-3-7-18(22)15-19-8-4-6-10-23(19)24/h3-16H,2,17H2,1H3,(H,29,31)/b25-16-. The van der Waals surface area contributed by atoms with Crippen molar-refractivity contribution in [3.63, 3.8) is 0 Å². The first-order chi connectivity index (χ1) is 17.0. The molecule has 4 aromatic rings. The average molecular weight is 499 g/mol. The molecule has 0 bridgehead atoms. The molecule has 174 valence electrons. The molecule has 0 spiro atoms. The normalized spacial score (nSPS) is 14.8. The van der Waals surface area contributed by atoms with Crippen molar-refractivity contribution >= 4 is 73.4 Å². The summed E-state index contributed by atoms with van der Waals surface area (Å²) in [5.74, 6) is 0.148. The van der Waals surface area contributed by atoms with Crippen LogP contribution in [0.25, 0.3) is 27.6 Å². The molecule has 5 nitrogen and oxygen atoms in total. The molecule has 0 atom stereocenters. The summed E-state index contributed by atoms with van der Waals surface area (Å²) in [6.45, 7) is 2.34. The van der Waals surface area contributed by atoms with E-state index in [9.17, 15) is 9.59 Å². The van der Waals surface area contributed by atoms with Crippen LogP contribution in [0.4, 0.5) is 5.69 Å². The van der Waals surface area contributed by atoms with Gasteiger partial charge in [-0.25, -0.2) is 0 Å². The number of benzene rings is 4. The highest BCUT2D eigenvalue weighted by Crippen LogP contribution is 2.36. The molecular formula is C28H22N2O3S2. The summed E-state index contributed by atoms with van der Waals surface area (Å²) >= 11 is 6.68. The van der Waals surface area contributed by atoms with Crippen LogP contribution in [-0.2, 0) is 9.59 Å². The Kier molecular flexibility index (Phi) is 6.53. The Balaban J connectivity index is 1.39. The quantitative estimate of drug-likeness (QED) is 0.194. The number of carbonyl (C=O) groups excluding carboxylic acids is 2. The monoisotopic (exact) mass is 498 g/mol. The molecular weight excluding hydrogens is 476 g/mol. The fourth-order valence-corrected chi connectivity index (χ4v) is 5.35. The molecule has 1 aliphatic rings. The van der Waals surface area contributed by atoms with E-state index in [0.29, 0.717) is 21.5 Å². The van der Waals surface area contributed by atoms with Gasteiger partial charge in [-0.2, -0.15) is 0 Å². The maximum absolute atomic E-state index is 13.2. The van der Waals surface area contributed by atoms with Crippen molar-refractivity contribution in [2.24, 2.45) is 0 Å². The Morgan fingerprint density at radius 2 is 1.63 bits per heavy atom. The minimum atomic E-state index is -0.317. The minimum Gasteiger partial charge on any atom is -0.494 e. The summed E-state index contributed by atoms with van der Waals surface area (Å²) in [5.41, 5.74) is 1.60. The molecule has 7 heteroatoms. The van der Waals surface area contributed by atoms with E-state index in [1.54, 1.807) is 24.3 Å². The second-order valence-corrected chi connectivity index (χ2v) is 9.68. The first-order valence-electron chi connectivity index (χ1n) is 11.2. The van der Waals surface area contributed by atoms with Crippen molar-refractivity contribution in [2.75, 3.05) is 18.5 Å². The second-order valence-electron chi connectivity index (χ2n) is 8.01. The number of hydrogen-bond acceptors (Lipinski definition) is 5. The highest BCUT2D eigenvalue weighted by Gasteiger charge is 2.33. The Bertz CT molecular complexity index is 1440. The third kappa shape index (κ3) is 4.78. The van der Waals surface area contributed by atoms with Crippen LogP contribution in [0.15, 0.2) is 83.8 Å². The van der Waals surface area contributed by atoms with Gasteiger partial charge in [0, 0.05) is 5.69 Å². The zero-order valence-electron chi connectivity index (χ0n) is 19.0. The fourth-order valence-electron chi connectivity index (χ4n) is 4.12. The van der Waals surface area contributed by atoms with E-state index < -0.39 is 0 Å². The van der Waals surface area contributed by atoms with Crippen LogP contribution in [-0.4, -0.2) is 34.2 Å². The number of nitrogens with one attached hydrogen (secondary N) is 1. The average Bonchev–Trinajstić information content (AvgIpc) is 3.12. The maximum Gasteiger partial charge on any atom is 0.266 e. The van der Waals surface area contributed by atoms with Gasteiger partial charge in [-0.05, 0) is 70.4 Å². The van der Waals surface area contributed by atoms with Crippen molar-refractivity contribution in [1.82, 2.24) is 4.90 Å². The van der Waals surface area contributed by atoms with Crippen LogP contribution in [0.1, 0.15) is 12.5 Å². The third-order valence-corrected chi connectivity index (χ3v) is 7.09. The van der Waals surface area contributed by atoms with E-state index >= 15 is 0 Å². The summed E-state index contributed by atoms with van der Waals surface area (Å²) in [6, 6.07) is 25.5. The number of nitrogens with zero attached hydrogens (tertiary/aromatic N) is 1. The molecule has 1 N–H and O–H groups in total. The Morgan fingerprint density at radius 1 is 1.00 bits per heavy atom. The fraction of sp³-hybridized carbons (Fsp3) is 0.107. The van der Waals surface area contributed by atoms with Gasteiger partial charge in [-0.3, -0.25) is 14.5 Å². The lowest BCUT2D eigenvalue weighted by atomic mass is 9.96. The molecule has 0 saturated carbocycles. The Labute approximate surface area is 212 Å². The number of thiocarbonyl (C=S) groups is 1. The van der Waals surface area contributed by atoms with Gasteiger partial charge in [0.25, 0.3) is 5.91 Å². The number of hydrogen-bond donors (Lipinski definition) is 1. The molecule has 0 aromatic heterocycles. The second kappa shape index (κ2) is 9.90. The molecule has 5 rings (SSSR count). The molecule has 1 heterocycles. The molecule has 1 aliphatic heterocycles. The van der Waals surface area contributed by atoms with Crippen LogP contribution in [0, 0.1) is 0 Å². The van der Waals surface area contributed by atoms with E-state index in [2.05, 4.69) is 35.6 Å². The smallest absolute Gasteiger partial charge is 0.266 e. The van der Waals surface area contributed by atoms with Gasteiger partial charge in [0.05, 0.1) is 11.5 Å². The Hall–Kier alpha value is -3.68. The van der Waals surface area contributed by atoms with Gasteiger partial charge < -0.3 is 10.1 Å². The molecule has 2 amide bonds. The zero-order valence-corrected chi connectivity index (χ0v) is 20.6.